The highest BCUT2D eigenvalue weighted by molar-refractivity contribution is 5.88. The lowest BCUT2D eigenvalue weighted by atomic mass is 9.85. The van der Waals surface area contributed by atoms with Gasteiger partial charge in [0, 0.05) is 13.0 Å². The number of carboxylic acid groups (broad SMARTS) is 1. The molecule has 2 N–H and O–H groups in total. The van der Waals surface area contributed by atoms with Gasteiger partial charge in [0.2, 0.25) is 5.91 Å². The number of aliphatic carboxylic acids is 1. The number of esters is 1. The lowest BCUT2D eigenvalue weighted by Crippen LogP contribution is -2.56. The Morgan fingerprint density at radius 1 is 1.16 bits per heavy atom. The second kappa shape index (κ2) is 11.5. The summed E-state index contributed by atoms with van der Waals surface area (Å²) in [5.41, 5.74) is 1.92. The van der Waals surface area contributed by atoms with Crippen molar-refractivity contribution in [3.63, 3.8) is 0 Å². The summed E-state index contributed by atoms with van der Waals surface area (Å²) < 4.78 is 5.26. The first-order valence-corrected chi connectivity index (χ1v) is 11.9. The number of nitrogens with zero attached hydrogens (tertiary/aromatic N) is 1. The average molecular weight is 445 g/mol. The number of ether oxygens (including phenoxy) is 1. The second-order valence-corrected chi connectivity index (χ2v) is 9.07. The molecule has 1 heterocycles. The van der Waals surface area contributed by atoms with E-state index in [-0.39, 0.29) is 31.4 Å². The van der Waals surface area contributed by atoms with Gasteiger partial charge < -0.3 is 14.7 Å². The molecular weight excluding hydrogens is 408 g/mol. The Bertz CT molecular complexity index is 805. The third kappa shape index (κ3) is 6.09. The molecule has 1 amide bonds. The first-order valence-electron chi connectivity index (χ1n) is 11.9. The van der Waals surface area contributed by atoms with Gasteiger partial charge in [-0.1, -0.05) is 56.4 Å². The van der Waals surface area contributed by atoms with Crippen LogP contribution in [0.3, 0.4) is 0 Å². The van der Waals surface area contributed by atoms with Crippen molar-refractivity contribution in [2.24, 2.45) is 5.92 Å². The van der Waals surface area contributed by atoms with Crippen LogP contribution in [0.2, 0.25) is 0 Å². The van der Waals surface area contributed by atoms with Gasteiger partial charge in [0.15, 0.2) is 0 Å². The van der Waals surface area contributed by atoms with Crippen molar-refractivity contribution in [1.29, 1.82) is 0 Å². The Labute approximate surface area is 190 Å². The maximum absolute atomic E-state index is 13.3. The minimum atomic E-state index is -1.01. The predicted molar refractivity (Wildman–Crippen MR) is 121 cm³/mol. The number of carbonyl (C=O) groups is 3. The molecule has 1 aliphatic carbocycles. The van der Waals surface area contributed by atoms with E-state index in [1.54, 1.807) is 13.8 Å². The van der Waals surface area contributed by atoms with Crippen LogP contribution in [0, 0.1) is 5.92 Å². The lowest BCUT2D eigenvalue weighted by molar-refractivity contribution is -0.153. The van der Waals surface area contributed by atoms with Crippen LogP contribution in [0.25, 0.3) is 0 Å². The summed E-state index contributed by atoms with van der Waals surface area (Å²) in [5, 5.41) is 12.9. The van der Waals surface area contributed by atoms with E-state index in [0.29, 0.717) is 12.3 Å². The van der Waals surface area contributed by atoms with Crippen LogP contribution in [0.4, 0.5) is 0 Å². The van der Waals surface area contributed by atoms with Crippen LogP contribution in [0.5, 0.6) is 0 Å². The number of carbonyl (C=O) groups excluding carboxylic acids is 2. The predicted octanol–water partition coefficient (Wildman–Crippen LogP) is 3.29. The van der Waals surface area contributed by atoms with Crippen molar-refractivity contribution in [1.82, 2.24) is 10.2 Å². The Morgan fingerprint density at radius 3 is 2.50 bits per heavy atom. The van der Waals surface area contributed by atoms with Gasteiger partial charge in [-0.05, 0) is 43.7 Å². The molecule has 7 nitrogen and oxygen atoms in total. The average Bonchev–Trinajstić information content (AvgIpc) is 2.80. The Morgan fingerprint density at radius 2 is 1.84 bits per heavy atom. The van der Waals surface area contributed by atoms with Gasteiger partial charge in [0.1, 0.15) is 12.1 Å². The van der Waals surface area contributed by atoms with E-state index in [1.165, 1.54) is 37.0 Å². The molecule has 2 aliphatic rings. The number of fused-ring (bicyclic) bond motifs is 1. The first kappa shape index (κ1) is 24.2. The summed E-state index contributed by atoms with van der Waals surface area (Å²) in [4.78, 5) is 39.2. The molecule has 32 heavy (non-hydrogen) atoms. The van der Waals surface area contributed by atoms with Gasteiger partial charge in [0.05, 0.1) is 12.6 Å². The van der Waals surface area contributed by atoms with E-state index in [4.69, 9.17) is 4.74 Å². The molecule has 0 spiro atoms. The molecule has 0 aromatic heterocycles. The Balaban J connectivity index is 1.68. The van der Waals surface area contributed by atoms with Crippen molar-refractivity contribution in [3.8, 4) is 0 Å². The second-order valence-electron chi connectivity index (χ2n) is 9.07. The number of amides is 1. The van der Waals surface area contributed by atoms with Gasteiger partial charge in [-0.15, -0.1) is 0 Å². The number of hydrogen-bond acceptors (Lipinski definition) is 5. The number of rotatable bonds is 9. The Hall–Kier alpha value is -2.41. The van der Waals surface area contributed by atoms with Crippen LogP contribution >= 0.6 is 0 Å². The van der Waals surface area contributed by atoms with Crippen LogP contribution in [0.15, 0.2) is 24.3 Å². The zero-order valence-electron chi connectivity index (χ0n) is 19.2. The van der Waals surface area contributed by atoms with Gasteiger partial charge in [0.25, 0.3) is 0 Å². The van der Waals surface area contributed by atoms with Gasteiger partial charge in [-0.25, -0.2) is 4.79 Å². The summed E-state index contributed by atoms with van der Waals surface area (Å²) in [7, 11) is 0. The summed E-state index contributed by atoms with van der Waals surface area (Å²) in [6.45, 7) is 4.01. The third-order valence-corrected chi connectivity index (χ3v) is 6.80. The first-order chi connectivity index (χ1) is 15.4. The highest BCUT2D eigenvalue weighted by atomic mass is 16.5. The van der Waals surface area contributed by atoms with Gasteiger partial charge >= 0.3 is 11.9 Å². The topological polar surface area (TPSA) is 95.9 Å². The fraction of sp³-hybridized carbons (Fsp3) is 0.640. The largest absolute Gasteiger partial charge is 0.480 e. The molecule has 0 bridgehead atoms. The Kier molecular flexibility index (Phi) is 8.67. The van der Waals surface area contributed by atoms with Crippen molar-refractivity contribution in [2.45, 2.75) is 89.9 Å². The summed E-state index contributed by atoms with van der Waals surface area (Å²) in [5.74, 6) is -1.05. The van der Waals surface area contributed by atoms with Crippen LogP contribution in [-0.2, 0) is 32.1 Å². The third-order valence-electron chi connectivity index (χ3n) is 6.80. The molecule has 3 atom stereocenters. The quantitative estimate of drug-likeness (QED) is 0.568. The van der Waals surface area contributed by atoms with E-state index in [9.17, 15) is 19.5 Å². The molecule has 1 aromatic rings. The molecule has 176 valence electrons. The molecule has 1 aromatic carbocycles. The minimum Gasteiger partial charge on any atom is -0.480 e. The van der Waals surface area contributed by atoms with Crippen molar-refractivity contribution in [3.05, 3.63) is 35.4 Å². The van der Waals surface area contributed by atoms with E-state index in [0.717, 1.165) is 17.5 Å². The number of nitrogens with one attached hydrogen (secondary N) is 1. The van der Waals surface area contributed by atoms with Crippen LogP contribution in [0.1, 0.15) is 69.9 Å². The van der Waals surface area contributed by atoms with Crippen molar-refractivity contribution in [2.75, 3.05) is 6.61 Å². The van der Waals surface area contributed by atoms with Crippen LogP contribution < -0.4 is 5.32 Å². The fourth-order valence-electron chi connectivity index (χ4n) is 4.99. The number of carboxylic acids is 1. The molecule has 1 aliphatic heterocycles. The normalized spacial score (nSPS) is 20.8. The van der Waals surface area contributed by atoms with E-state index in [2.05, 4.69) is 5.32 Å². The zero-order chi connectivity index (χ0) is 23.1. The smallest absolute Gasteiger partial charge is 0.326 e. The molecule has 3 rings (SSSR count). The summed E-state index contributed by atoms with van der Waals surface area (Å²) in [6.07, 6.45) is 7.97. The lowest BCUT2D eigenvalue weighted by Gasteiger charge is -2.36. The van der Waals surface area contributed by atoms with Crippen LogP contribution in [-0.4, -0.2) is 52.6 Å². The SMILES string of the molecule is CCOC(=O)C(CCC1CCCCC1)NC(C)C(=O)N1Cc2ccccc2CC1C(=O)O. The maximum Gasteiger partial charge on any atom is 0.326 e. The van der Waals surface area contributed by atoms with E-state index >= 15 is 0 Å². The van der Waals surface area contributed by atoms with Crippen molar-refractivity contribution >= 4 is 17.8 Å². The maximum atomic E-state index is 13.3. The summed E-state index contributed by atoms with van der Waals surface area (Å²) >= 11 is 0. The number of hydrogen-bond donors (Lipinski definition) is 2. The molecular formula is C25H36N2O5. The molecule has 0 saturated heterocycles. The monoisotopic (exact) mass is 444 g/mol. The standard InChI is InChI=1S/C25H36N2O5/c1-3-32-25(31)21(14-13-18-9-5-4-6-10-18)26-17(2)23(28)27-16-20-12-8-7-11-19(20)15-22(27)24(29)30/h7-8,11-12,17-18,21-22,26H,3-6,9-10,13-16H2,1-2H3,(H,29,30). The van der Waals surface area contributed by atoms with E-state index < -0.39 is 24.1 Å². The molecule has 0 radical (unpaired) electrons. The molecule has 1 fully saturated rings. The summed E-state index contributed by atoms with van der Waals surface area (Å²) in [6, 6.07) is 5.44. The number of benzene rings is 1. The molecule has 3 unspecified atom stereocenters. The van der Waals surface area contributed by atoms with Gasteiger partial charge in [-0.3, -0.25) is 14.9 Å². The highest BCUT2D eigenvalue weighted by Gasteiger charge is 2.37. The van der Waals surface area contributed by atoms with Crippen molar-refractivity contribution < 1.29 is 24.2 Å². The van der Waals surface area contributed by atoms with Gasteiger partial charge in [-0.2, -0.15) is 0 Å². The molecule has 1 saturated carbocycles. The molecule has 7 heteroatoms. The minimum absolute atomic E-state index is 0.254. The fourth-order valence-corrected chi connectivity index (χ4v) is 4.99. The highest BCUT2D eigenvalue weighted by Crippen LogP contribution is 2.28. The zero-order valence-corrected chi connectivity index (χ0v) is 19.2. The van der Waals surface area contributed by atoms with E-state index in [1.807, 2.05) is 24.3 Å².